The summed E-state index contributed by atoms with van der Waals surface area (Å²) in [6, 6.07) is 8.39. The number of benzene rings is 1. The van der Waals surface area contributed by atoms with Gasteiger partial charge in [0.1, 0.15) is 12.1 Å². The molecule has 6 heteroatoms. The molecule has 0 amide bonds. The monoisotopic (exact) mass is 312 g/mol. The predicted octanol–water partition coefficient (Wildman–Crippen LogP) is 3.58. The van der Waals surface area contributed by atoms with Gasteiger partial charge in [0.2, 0.25) is 0 Å². The SMILES string of the molecule is CC(C)n1cnnc1-c1nc2c(s1)CCOc1ccccc1-2. The van der Waals surface area contributed by atoms with Crippen LogP contribution in [0.15, 0.2) is 30.6 Å². The van der Waals surface area contributed by atoms with Gasteiger partial charge >= 0.3 is 0 Å². The van der Waals surface area contributed by atoms with Gasteiger partial charge in [0.25, 0.3) is 0 Å². The molecule has 0 spiro atoms. The van der Waals surface area contributed by atoms with Gasteiger partial charge < -0.3 is 9.30 Å². The summed E-state index contributed by atoms with van der Waals surface area (Å²) in [4.78, 5) is 6.10. The van der Waals surface area contributed by atoms with Crippen LogP contribution in [0.2, 0.25) is 0 Å². The normalized spacial score (nSPS) is 13.4. The predicted molar refractivity (Wildman–Crippen MR) is 86.2 cm³/mol. The molecule has 112 valence electrons. The molecule has 1 aliphatic rings. The van der Waals surface area contributed by atoms with Crippen molar-refractivity contribution < 1.29 is 4.74 Å². The molecule has 4 rings (SSSR count). The lowest BCUT2D eigenvalue weighted by atomic mass is 10.1. The molecule has 2 aromatic heterocycles. The summed E-state index contributed by atoms with van der Waals surface area (Å²) >= 11 is 1.69. The number of ether oxygens (including phenoxy) is 1. The molecule has 0 atom stereocenters. The Kier molecular flexibility index (Phi) is 3.18. The maximum absolute atomic E-state index is 5.82. The first-order valence-electron chi connectivity index (χ1n) is 7.36. The van der Waals surface area contributed by atoms with E-state index >= 15 is 0 Å². The molecular formula is C16H16N4OS. The molecule has 1 aliphatic heterocycles. The summed E-state index contributed by atoms with van der Waals surface area (Å²) in [5, 5.41) is 9.23. The molecule has 3 aromatic rings. The number of fused-ring (bicyclic) bond motifs is 3. The number of hydrogen-bond donors (Lipinski definition) is 0. The highest BCUT2D eigenvalue weighted by Gasteiger charge is 2.22. The fourth-order valence-electron chi connectivity index (χ4n) is 2.64. The highest BCUT2D eigenvalue weighted by atomic mass is 32.1. The fraction of sp³-hybridized carbons (Fsp3) is 0.312. The topological polar surface area (TPSA) is 52.8 Å². The summed E-state index contributed by atoms with van der Waals surface area (Å²) in [6.07, 6.45) is 2.64. The highest BCUT2D eigenvalue weighted by Crippen LogP contribution is 2.39. The Morgan fingerprint density at radius 1 is 1.27 bits per heavy atom. The quantitative estimate of drug-likeness (QED) is 0.725. The van der Waals surface area contributed by atoms with Crippen LogP contribution < -0.4 is 4.74 Å². The first-order valence-corrected chi connectivity index (χ1v) is 8.17. The molecule has 5 nitrogen and oxygen atoms in total. The maximum Gasteiger partial charge on any atom is 0.193 e. The summed E-state index contributed by atoms with van der Waals surface area (Å²) in [6.45, 7) is 4.92. The van der Waals surface area contributed by atoms with Crippen molar-refractivity contribution in [1.29, 1.82) is 0 Å². The van der Waals surface area contributed by atoms with Crippen molar-refractivity contribution in [2.24, 2.45) is 0 Å². The molecule has 0 aliphatic carbocycles. The van der Waals surface area contributed by atoms with Crippen LogP contribution in [0.3, 0.4) is 0 Å². The Morgan fingerprint density at radius 2 is 2.14 bits per heavy atom. The van der Waals surface area contributed by atoms with Gasteiger partial charge in [-0.1, -0.05) is 12.1 Å². The molecule has 0 unspecified atom stereocenters. The van der Waals surface area contributed by atoms with Crippen LogP contribution in [0.25, 0.3) is 22.1 Å². The van der Waals surface area contributed by atoms with Gasteiger partial charge in [0, 0.05) is 22.9 Å². The van der Waals surface area contributed by atoms with Gasteiger partial charge in [0.05, 0.1) is 12.3 Å². The third-order valence-electron chi connectivity index (χ3n) is 3.75. The van der Waals surface area contributed by atoms with Gasteiger partial charge in [-0.25, -0.2) is 4.98 Å². The van der Waals surface area contributed by atoms with Crippen LogP contribution in [0.4, 0.5) is 0 Å². The average Bonchev–Trinajstić information content (AvgIpc) is 3.11. The minimum absolute atomic E-state index is 0.310. The second-order valence-electron chi connectivity index (χ2n) is 5.54. The second kappa shape index (κ2) is 5.21. The van der Waals surface area contributed by atoms with Crippen LogP contribution in [0, 0.1) is 0 Å². The van der Waals surface area contributed by atoms with E-state index in [1.54, 1.807) is 17.7 Å². The molecule has 0 N–H and O–H groups in total. The molecule has 0 fully saturated rings. The Bertz CT molecular complexity index is 821. The lowest BCUT2D eigenvalue weighted by Crippen LogP contribution is -2.01. The Balaban J connectivity index is 1.86. The molecule has 3 heterocycles. The van der Waals surface area contributed by atoms with Crippen molar-refractivity contribution in [3.8, 4) is 27.8 Å². The molecule has 0 saturated heterocycles. The number of nitrogens with zero attached hydrogens (tertiary/aromatic N) is 4. The lowest BCUT2D eigenvalue weighted by molar-refractivity contribution is 0.327. The summed E-state index contributed by atoms with van der Waals surface area (Å²) in [7, 11) is 0. The van der Waals surface area contributed by atoms with Crippen molar-refractivity contribution in [2.45, 2.75) is 26.3 Å². The van der Waals surface area contributed by atoms with Crippen LogP contribution in [0.1, 0.15) is 24.8 Å². The molecule has 0 bridgehead atoms. The first kappa shape index (κ1) is 13.5. The van der Waals surface area contributed by atoms with E-state index in [9.17, 15) is 0 Å². The van der Waals surface area contributed by atoms with E-state index in [-0.39, 0.29) is 0 Å². The molecule has 0 saturated carbocycles. The van der Waals surface area contributed by atoms with Crippen molar-refractivity contribution in [3.05, 3.63) is 35.5 Å². The van der Waals surface area contributed by atoms with E-state index in [2.05, 4.69) is 34.7 Å². The molecule has 1 aromatic carbocycles. The first-order chi connectivity index (χ1) is 10.7. The van der Waals surface area contributed by atoms with Gasteiger partial charge in [-0.15, -0.1) is 21.5 Å². The number of hydrogen-bond acceptors (Lipinski definition) is 5. The van der Waals surface area contributed by atoms with Gasteiger partial charge in [-0.2, -0.15) is 0 Å². The summed E-state index contributed by atoms with van der Waals surface area (Å²) in [5.41, 5.74) is 2.08. The van der Waals surface area contributed by atoms with Gasteiger partial charge in [0.15, 0.2) is 10.8 Å². The standard InChI is InChI=1S/C16H16N4OS/c1-10(2)20-9-17-19-15(20)16-18-14-11-5-3-4-6-12(11)21-8-7-13(14)22-16/h3-6,9-10H,7-8H2,1-2H3. The van der Waals surface area contributed by atoms with E-state index < -0.39 is 0 Å². The van der Waals surface area contributed by atoms with Gasteiger partial charge in [-0.3, -0.25) is 0 Å². The number of para-hydroxylation sites is 1. The van der Waals surface area contributed by atoms with E-state index in [0.717, 1.165) is 34.3 Å². The Hall–Kier alpha value is -2.21. The smallest absolute Gasteiger partial charge is 0.193 e. The summed E-state index contributed by atoms with van der Waals surface area (Å²) in [5.74, 6) is 1.75. The zero-order valence-electron chi connectivity index (χ0n) is 12.5. The molecule has 22 heavy (non-hydrogen) atoms. The minimum atomic E-state index is 0.310. The van der Waals surface area contributed by atoms with E-state index in [0.29, 0.717) is 12.6 Å². The highest BCUT2D eigenvalue weighted by molar-refractivity contribution is 7.15. The Labute approximate surface area is 132 Å². The van der Waals surface area contributed by atoms with E-state index in [1.165, 1.54) is 4.88 Å². The maximum atomic E-state index is 5.82. The zero-order valence-corrected chi connectivity index (χ0v) is 13.3. The zero-order chi connectivity index (χ0) is 15.1. The fourth-order valence-corrected chi connectivity index (χ4v) is 3.69. The second-order valence-corrected chi connectivity index (χ2v) is 6.62. The van der Waals surface area contributed by atoms with Crippen LogP contribution in [-0.2, 0) is 6.42 Å². The van der Waals surface area contributed by atoms with Crippen molar-refractivity contribution in [3.63, 3.8) is 0 Å². The number of rotatable bonds is 2. The largest absolute Gasteiger partial charge is 0.493 e. The third kappa shape index (κ3) is 2.11. The van der Waals surface area contributed by atoms with Crippen LogP contribution in [-0.4, -0.2) is 26.4 Å². The molecule has 0 radical (unpaired) electrons. The van der Waals surface area contributed by atoms with Crippen LogP contribution in [0.5, 0.6) is 5.75 Å². The molecular weight excluding hydrogens is 296 g/mol. The van der Waals surface area contributed by atoms with Gasteiger partial charge in [-0.05, 0) is 26.0 Å². The number of thiazole rings is 1. The van der Waals surface area contributed by atoms with Crippen molar-refractivity contribution in [2.75, 3.05) is 6.61 Å². The van der Waals surface area contributed by atoms with E-state index in [1.807, 2.05) is 18.2 Å². The number of aromatic nitrogens is 4. The lowest BCUT2D eigenvalue weighted by Gasteiger charge is -2.08. The van der Waals surface area contributed by atoms with Crippen molar-refractivity contribution >= 4 is 11.3 Å². The minimum Gasteiger partial charge on any atom is -0.493 e. The average molecular weight is 312 g/mol. The van der Waals surface area contributed by atoms with Crippen molar-refractivity contribution in [1.82, 2.24) is 19.7 Å². The Morgan fingerprint density at radius 3 is 3.00 bits per heavy atom. The van der Waals surface area contributed by atoms with E-state index in [4.69, 9.17) is 9.72 Å². The third-order valence-corrected chi connectivity index (χ3v) is 4.86. The summed E-state index contributed by atoms with van der Waals surface area (Å²) < 4.78 is 7.87. The van der Waals surface area contributed by atoms with Crippen LogP contribution >= 0.6 is 11.3 Å².